The summed E-state index contributed by atoms with van der Waals surface area (Å²) in [6.45, 7) is 0.692. The first kappa shape index (κ1) is 17.1. The molecule has 0 bridgehead atoms. The average molecular weight is 366 g/mol. The lowest BCUT2D eigenvalue weighted by atomic mass is 10.1. The summed E-state index contributed by atoms with van der Waals surface area (Å²) in [5, 5.41) is 7.15. The highest BCUT2D eigenvalue weighted by molar-refractivity contribution is 5.94. The van der Waals surface area contributed by atoms with Crippen molar-refractivity contribution in [3.8, 4) is 0 Å². The molecule has 1 amide bonds. The van der Waals surface area contributed by atoms with E-state index < -0.39 is 5.82 Å². The predicted octanol–water partition coefficient (Wildman–Crippen LogP) is 3.07. The van der Waals surface area contributed by atoms with E-state index in [0.29, 0.717) is 23.7 Å². The number of pyridine rings is 2. The molecule has 1 fully saturated rings. The van der Waals surface area contributed by atoms with Crippen LogP contribution in [0, 0.1) is 5.82 Å². The van der Waals surface area contributed by atoms with Crippen molar-refractivity contribution in [1.29, 1.82) is 0 Å². The van der Waals surface area contributed by atoms with Crippen molar-refractivity contribution in [3.63, 3.8) is 0 Å². The molecule has 7 nitrogen and oxygen atoms in total. The molecule has 27 heavy (non-hydrogen) atoms. The van der Waals surface area contributed by atoms with Crippen LogP contribution in [0.2, 0.25) is 0 Å². The SMILES string of the molecule is Cn1cc(C(=O)N2CCC[C@@H]2c2cccc(Nc3ccc(F)cn3)n2)cn1. The lowest BCUT2D eigenvalue weighted by Crippen LogP contribution is -2.30. The topological polar surface area (TPSA) is 75.9 Å². The zero-order valence-corrected chi connectivity index (χ0v) is 14.8. The van der Waals surface area contributed by atoms with Gasteiger partial charge in [-0.2, -0.15) is 5.10 Å². The van der Waals surface area contributed by atoms with E-state index in [1.54, 1.807) is 30.2 Å². The fraction of sp³-hybridized carbons (Fsp3) is 0.263. The summed E-state index contributed by atoms with van der Waals surface area (Å²) < 4.78 is 14.6. The van der Waals surface area contributed by atoms with E-state index in [-0.39, 0.29) is 11.9 Å². The highest BCUT2D eigenvalue weighted by Crippen LogP contribution is 2.32. The van der Waals surface area contributed by atoms with E-state index in [1.165, 1.54) is 6.07 Å². The van der Waals surface area contributed by atoms with Crippen LogP contribution < -0.4 is 5.32 Å². The molecular weight excluding hydrogens is 347 g/mol. The number of nitrogens with zero attached hydrogens (tertiary/aromatic N) is 5. The number of nitrogens with one attached hydrogen (secondary N) is 1. The van der Waals surface area contributed by atoms with Crippen molar-refractivity contribution in [2.45, 2.75) is 18.9 Å². The molecular formula is C19H19FN6O. The quantitative estimate of drug-likeness (QED) is 0.768. The molecule has 0 spiro atoms. The number of likely N-dealkylation sites (tertiary alicyclic amines) is 1. The molecule has 1 aliphatic rings. The van der Waals surface area contributed by atoms with Crippen LogP contribution in [-0.4, -0.2) is 37.1 Å². The molecule has 1 aliphatic heterocycles. The van der Waals surface area contributed by atoms with Crippen molar-refractivity contribution >= 4 is 17.5 Å². The number of carbonyl (C=O) groups excluding carboxylic acids is 1. The molecule has 3 aromatic rings. The monoisotopic (exact) mass is 366 g/mol. The van der Waals surface area contributed by atoms with Crippen molar-refractivity contribution in [1.82, 2.24) is 24.6 Å². The summed E-state index contributed by atoms with van der Waals surface area (Å²) in [6.07, 6.45) is 6.25. The predicted molar refractivity (Wildman–Crippen MR) is 97.9 cm³/mol. The zero-order chi connectivity index (χ0) is 18.8. The van der Waals surface area contributed by atoms with Crippen LogP contribution in [-0.2, 0) is 7.05 Å². The number of aromatic nitrogens is 4. The third-order valence-electron chi connectivity index (χ3n) is 4.56. The Kier molecular flexibility index (Phi) is 4.53. The van der Waals surface area contributed by atoms with E-state index >= 15 is 0 Å². The Balaban J connectivity index is 1.55. The molecule has 0 aliphatic carbocycles. The molecule has 0 saturated carbocycles. The second kappa shape index (κ2) is 7.14. The molecule has 3 aromatic heterocycles. The highest BCUT2D eigenvalue weighted by Gasteiger charge is 2.32. The Morgan fingerprint density at radius 3 is 2.85 bits per heavy atom. The number of anilines is 2. The summed E-state index contributed by atoms with van der Waals surface area (Å²) >= 11 is 0. The third-order valence-corrected chi connectivity index (χ3v) is 4.56. The fourth-order valence-electron chi connectivity index (χ4n) is 3.30. The van der Waals surface area contributed by atoms with Crippen LogP contribution in [0.1, 0.15) is 34.9 Å². The first-order chi connectivity index (χ1) is 13.1. The molecule has 0 radical (unpaired) electrons. The van der Waals surface area contributed by atoms with Crippen LogP contribution in [0.5, 0.6) is 0 Å². The molecule has 4 heterocycles. The number of carbonyl (C=O) groups is 1. The summed E-state index contributed by atoms with van der Waals surface area (Å²) in [4.78, 5) is 23.3. The van der Waals surface area contributed by atoms with Crippen molar-refractivity contribution < 1.29 is 9.18 Å². The summed E-state index contributed by atoms with van der Waals surface area (Å²) in [6, 6.07) is 8.43. The molecule has 1 N–H and O–H groups in total. The van der Waals surface area contributed by atoms with Gasteiger partial charge in [0, 0.05) is 19.8 Å². The Labute approximate surface area is 155 Å². The van der Waals surface area contributed by atoms with E-state index in [9.17, 15) is 9.18 Å². The molecule has 1 saturated heterocycles. The van der Waals surface area contributed by atoms with Gasteiger partial charge in [-0.15, -0.1) is 0 Å². The first-order valence-electron chi connectivity index (χ1n) is 8.75. The lowest BCUT2D eigenvalue weighted by molar-refractivity contribution is 0.0733. The largest absolute Gasteiger partial charge is 0.330 e. The van der Waals surface area contributed by atoms with E-state index in [2.05, 4.69) is 20.4 Å². The minimum atomic E-state index is -0.391. The molecule has 0 aromatic carbocycles. The van der Waals surface area contributed by atoms with Gasteiger partial charge in [-0.3, -0.25) is 9.48 Å². The second-order valence-electron chi connectivity index (χ2n) is 6.49. The highest BCUT2D eigenvalue weighted by atomic mass is 19.1. The minimum absolute atomic E-state index is 0.0361. The van der Waals surface area contributed by atoms with Gasteiger partial charge in [-0.05, 0) is 37.1 Å². The van der Waals surface area contributed by atoms with Gasteiger partial charge in [0.15, 0.2) is 0 Å². The maximum absolute atomic E-state index is 13.0. The van der Waals surface area contributed by atoms with Crippen LogP contribution in [0.25, 0.3) is 0 Å². The van der Waals surface area contributed by atoms with E-state index in [1.807, 2.05) is 23.1 Å². The molecule has 8 heteroatoms. The summed E-state index contributed by atoms with van der Waals surface area (Å²) in [5.41, 5.74) is 1.39. The van der Waals surface area contributed by atoms with Gasteiger partial charge in [0.05, 0.1) is 29.7 Å². The van der Waals surface area contributed by atoms with Crippen LogP contribution in [0.15, 0.2) is 48.9 Å². The zero-order valence-electron chi connectivity index (χ0n) is 14.8. The van der Waals surface area contributed by atoms with E-state index in [4.69, 9.17) is 0 Å². The smallest absolute Gasteiger partial charge is 0.257 e. The lowest BCUT2D eigenvalue weighted by Gasteiger charge is -2.24. The maximum Gasteiger partial charge on any atom is 0.257 e. The van der Waals surface area contributed by atoms with E-state index in [0.717, 1.165) is 24.7 Å². The minimum Gasteiger partial charge on any atom is -0.330 e. The normalized spacial score (nSPS) is 16.5. The van der Waals surface area contributed by atoms with Crippen LogP contribution in [0.4, 0.5) is 16.0 Å². The Bertz CT molecular complexity index is 955. The first-order valence-corrected chi connectivity index (χ1v) is 8.75. The Morgan fingerprint density at radius 1 is 1.22 bits per heavy atom. The molecule has 4 rings (SSSR count). The van der Waals surface area contributed by atoms with Crippen molar-refractivity contribution in [2.24, 2.45) is 7.05 Å². The maximum atomic E-state index is 13.0. The van der Waals surface area contributed by atoms with Gasteiger partial charge in [-0.1, -0.05) is 6.07 Å². The Hall–Kier alpha value is -3.29. The Morgan fingerprint density at radius 2 is 2.11 bits per heavy atom. The average Bonchev–Trinajstić information content (AvgIpc) is 3.32. The number of amides is 1. The summed E-state index contributed by atoms with van der Waals surface area (Å²) in [7, 11) is 1.79. The van der Waals surface area contributed by atoms with Gasteiger partial charge < -0.3 is 10.2 Å². The molecule has 1 atom stereocenters. The summed E-state index contributed by atoms with van der Waals surface area (Å²) in [5.74, 6) is 0.687. The number of hydrogen-bond donors (Lipinski definition) is 1. The van der Waals surface area contributed by atoms with Gasteiger partial charge in [0.25, 0.3) is 5.91 Å². The van der Waals surface area contributed by atoms with Gasteiger partial charge in [0.2, 0.25) is 0 Å². The number of aryl methyl sites for hydroxylation is 1. The third kappa shape index (κ3) is 3.64. The molecule has 138 valence electrons. The number of hydrogen-bond acceptors (Lipinski definition) is 5. The second-order valence-corrected chi connectivity index (χ2v) is 6.49. The fourth-order valence-corrected chi connectivity index (χ4v) is 3.30. The van der Waals surface area contributed by atoms with Gasteiger partial charge in [-0.25, -0.2) is 14.4 Å². The van der Waals surface area contributed by atoms with Crippen LogP contribution >= 0.6 is 0 Å². The number of halogens is 1. The van der Waals surface area contributed by atoms with Crippen molar-refractivity contribution in [3.05, 3.63) is 66.0 Å². The van der Waals surface area contributed by atoms with Crippen molar-refractivity contribution in [2.75, 3.05) is 11.9 Å². The van der Waals surface area contributed by atoms with Gasteiger partial charge in [0.1, 0.15) is 17.5 Å². The molecule has 0 unspecified atom stereocenters. The van der Waals surface area contributed by atoms with Gasteiger partial charge >= 0.3 is 0 Å². The standard InChI is InChI=1S/C19H19FN6O/c1-25-12-13(10-22-25)19(27)26-9-3-5-16(26)15-4-2-6-18(23-15)24-17-8-7-14(20)11-21-17/h2,4,6-8,10-12,16H,3,5,9H2,1H3,(H,21,23,24)/t16-/m1/s1. The van der Waals surface area contributed by atoms with Crippen LogP contribution in [0.3, 0.4) is 0 Å². The number of rotatable bonds is 4.